The van der Waals surface area contributed by atoms with Crippen LogP contribution in [0.5, 0.6) is 0 Å². The summed E-state index contributed by atoms with van der Waals surface area (Å²) in [5, 5.41) is 0. The largest absolute Gasteiger partial charge is 0.465 e. The summed E-state index contributed by atoms with van der Waals surface area (Å²) >= 11 is 1.24. The zero-order valence-corrected chi connectivity index (χ0v) is 25.1. The van der Waals surface area contributed by atoms with Crippen molar-refractivity contribution in [2.45, 2.75) is 78.7 Å². The molecule has 8 heteroatoms. The van der Waals surface area contributed by atoms with Crippen LogP contribution in [0.1, 0.15) is 87.2 Å². The number of thiophene rings is 1. The number of ether oxygens (including phenoxy) is 1. The van der Waals surface area contributed by atoms with Gasteiger partial charge in [-0.05, 0) is 91.8 Å². The summed E-state index contributed by atoms with van der Waals surface area (Å²) in [7, 11) is 5.34. The van der Waals surface area contributed by atoms with Gasteiger partial charge in [0.05, 0.1) is 17.7 Å². The monoisotopic (exact) mass is 543 g/mol. The van der Waals surface area contributed by atoms with Gasteiger partial charge in [-0.15, -0.1) is 11.3 Å². The number of methoxy groups -OCH3 is 1. The summed E-state index contributed by atoms with van der Waals surface area (Å²) in [5.41, 5.74) is 0.255. The Labute approximate surface area is 232 Å². The molecule has 1 aliphatic heterocycles. The highest BCUT2D eigenvalue weighted by atomic mass is 32.1. The fourth-order valence-corrected chi connectivity index (χ4v) is 6.04. The number of rotatable bonds is 7. The first kappa shape index (κ1) is 30.2. The average molecular weight is 544 g/mol. The van der Waals surface area contributed by atoms with Crippen LogP contribution >= 0.6 is 11.3 Å². The number of nitrogens with zero attached hydrogens (tertiary/aromatic N) is 3. The molecule has 0 spiro atoms. The molecule has 210 valence electrons. The number of likely N-dealkylation sites (N-methyl/N-ethyl adjacent to an activating group) is 1. The van der Waals surface area contributed by atoms with E-state index in [4.69, 9.17) is 4.74 Å². The summed E-state index contributed by atoms with van der Waals surface area (Å²) in [6.07, 6.45) is 5.91. The summed E-state index contributed by atoms with van der Waals surface area (Å²) < 4.78 is 5.13. The number of hydrogen-bond donors (Lipinski definition) is 0. The summed E-state index contributed by atoms with van der Waals surface area (Å²) in [5.74, 6) is 6.27. The average Bonchev–Trinajstić information content (AvgIpc) is 3.20. The lowest BCUT2D eigenvalue weighted by molar-refractivity contribution is -0.135. The third-order valence-electron chi connectivity index (χ3n) is 7.39. The molecule has 38 heavy (non-hydrogen) atoms. The molecular formula is C30H45N3O4S. The first-order valence-corrected chi connectivity index (χ1v) is 14.7. The van der Waals surface area contributed by atoms with Crippen LogP contribution in [0.25, 0.3) is 0 Å². The molecule has 0 bridgehead atoms. The van der Waals surface area contributed by atoms with Crippen LogP contribution in [-0.2, 0) is 14.3 Å². The second-order valence-corrected chi connectivity index (χ2v) is 13.2. The number of likely N-dealkylation sites (tertiary alicyclic amines) is 1. The first-order chi connectivity index (χ1) is 17.9. The molecule has 2 amide bonds. The molecule has 7 nitrogen and oxygen atoms in total. The van der Waals surface area contributed by atoms with Crippen molar-refractivity contribution in [1.82, 2.24) is 9.80 Å². The van der Waals surface area contributed by atoms with E-state index in [9.17, 15) is 14.4 Å². The number of amides is 2. The maximum absolute atomic E-state index is 14.3. The molecule has 1 atom stereocenters. The number of carbonyl (C=O) groups is 3. The molecule has 1 unspecified atom stereocenters. The van der Waals surface area contributed by atoms with Gasteiger partial charge in [0.1, 0.15) is 10.9 Å². The number of hydrogen-bond acceptors (Lipinski definition) is 6. The Morgan fingerprint density at radius 3 is 2.42 bits per heavy atom. The fraction of sp³-hybridized carbons (Fsp3) is 0.700. The lowest BCUT2D eigenvalue weighted by atomic mass is 9.82. The highest BCUT2D eigenvalue weighted by Gasteiger charge is 2.41. The molecule has 0 N–H and O–H groups in total. The maximum Gasteiger partial charge on any atom is 0.350 e. The van der Waals surface area contributed by atoms with Gasteiger partial charge >= 0.3 is 5.97 Å². The molecule has 1 aliphatic carbocycles. The van der Waals surface area contributed by atoms with Crippen molar-refractivity contribution < 1.29 is 19.1 Å². The zero-order chi connectivity index (χ0) is 28.0. The predicted octanol–water partition coefficient (Wildman–Crippen LogP) is 5.03. The van der Waals surface area contributed by atoms with Crippen LogP contribution in [0.2, 0.25) is 0 Å². The van der Waals surface area contributed by atoms with Gasteiger partial charge in [0, 0.05) is 31.0 Å². The molecule has 2 heterocycles. The lowest BCUT2D eigenvalue weighted by Crippen LogP contribution is -2.53. The first-order valence-electron chi connectivity index (χ1n) is 13.9. The van der Waals surface area contributed by atoms with E-state index in [2.05, 4.69) is 23.7 Å². The van der Waals surface area contributed by atoms with Crippen LogP contribution in [0.15, 0.2) is 6.07 Å². The minimum atomic E-state index is -0.645. The molecule has 0 aromatic carbocycles. The molecule has 3 rings (SSSR count). The zero-order valence-electron chi connectivity index (χ0n) is 24.3. The molecular weight excluding hydrogens is 498 g/mol. The number of carbonyl (C=O) groups excluding carboxylic acids is 3. The minimum absolute atomic E-state index is 0.0359. The van der Waals surface area contributed by atoms with Crippen molar-refractivity contribution in [3.8, 4) is 11.8 Å². The molecule has 1 aromatic rings. The Morgan fingerprint density at radius 2 is 1.82 bits per heavy atom. The second-order valence-electron chi connectivity index (χ2n) is 12.1. The number of anilines is 1. The fourth-order valence-electron chi connectivity index (χ4n) is 5.12. The van der Waals surface area contributed by atoms with E-state index in [1.165, 1.54) is 18.4 Å². The third kappa shape index (κ3) is 7.83. The quantitative estimate of drug-likeness (QED) is 0.356. The van der Waals surface area contributed by atoms with Gasteiger partial charge in [-0.2, -0.15) is 0 Å². The predicted molar refractivity (Wildman–Crippen MR) is 153 cm³/mol. The minimum Gasteiger partial charge on any atom is -0.465 e. The lowest BCUT2D eigenvalue weighted by Gasteiger charge is -2.37. The van der Waals surface area contributed by atoms with Crippen LogP contribution in [0, 0.1) is 29.1 Å². The van der Waals surface area contributed by atoms with E-state index < -0.39 is 12.0 Å². The SMILES string of the molecule is COC(=O)c1sc(C#CC(C)(C)C)cc1N(C(=O)C1CCC(C)CC1)C1CCCCN(CCN(C)C)C1=O. The van der Waals surface area contributed by atoms with Crippen LogP contribution < -0.4 is 4.90 Å². The van der Waals surface area contributed by atoms with E-state index in [0.29, 0.717) is 40.9 Å². The van der Waals surface area contributed by atoms with E-state index in [1.54, 1.807) is 4.90 Å². The smallest absolute Gasteiger partial charge is 0.350 e. The Morgan fingerprint density at radius 1 is 1.13 bits per heavy atom. The highest BCUT2D eigenvalue weighted by Crippen LogP contribution is 2.38. The van der Waals surface area contributed by atoms with Crippen molar-refractivity contribution in [1.29, 1.82) is 0 Å². The van der Waals surface area contributed by atoms with Gasteiger partial charge in [-0.25, -0.2) is 4.79 Å². The molecule has 2 aliphatic rings. The van der Waals surface area contributed by atoms with Crippen LogP contribution in [0.3, 0.4) is 0 Å². The van der Waals surface area contributed by atoms with Gasteiger partial charge in [-0.1, -0.05) is 18.8 Å². The van der Waals surface area contributed by atoms with E-state index in [1.807, 2.05) is 45.8 Å². The maximum atomic E-state index is 14.3. The van der Waals surface area contributed by atoms with E-state index in [-0.39, 0.29) is 23.1 Å². The van der Waals surface area contributed by atoms with E-state index >= 15 is 0 Å². The van der Waals surface area contributed by atoms with Crippen molar-refractivity contribution in [2.75, 3.05) is 45.7 Å². The standard InChI is InChI=1S/C30H45N3O4S/c1-21-11-13-22(14-12-21)27(34)33(24-10-8-9-17-32(28(24)35)19-18-31(5)6)25-20-23(15-16-30(2,3)4)38-26(25)29(36)37-7/h20-22,24H,8-14,17-19H2,1-7H3. The molecule has 0 radical (unpaired) electrons. The Balaban J connectivity index is 2.10. The topological polar surface area (TPSA) is 70.2 Å². The van der Waals surface area contributed by atoms with Crippen molar-refractivity contribution >= 4 is 34.8 Å². The Kier molecular flexibility index (Phi) is 10.4. The molecule has 2 fully saturated rings. The summed E-state index contributed by atoms with van der Waals surface area (Å²) in [6, 6.07) is 1.18. The Bertz CT molecular complexity index is 1050. The summed E-state index contributed by atoms with van der Waals surface area (Å²) in [4.78, 5) is 47.9. The second kappa shape index (κ2) is 13.1. The normalized spacial score (nSPS) is 22.5. The van der Waals surface area contributed by atoms with Gasteiger partial charge in [0.15, 0.2) is 0 Å². The van der Waals surface area contributed by atoms with E-state index in [0.717, 1.165) is 45.1 Å². The van der Waals surface area contributed by atoms with Crippen molar-refractivity contribution in [3.05, 3.63) is 15.8 Å². The van der Waals surface area contributed by atoms with Crippen molar-refractivity contribution in [3.63, 3.8) is 0 Å². The van der Waals surface area contributed by atoms with Gasteiger partial charge in [-0.3, -0.25) is 14.5 Å². The van der Waals surface area contributed by atoms with Crippen LogP contribution in [-0.4, -0.2) is 74.5 Å². The van der Waals surface area contributed by atoms with Gasteiger partial charge in [0.25, 0.3) is 0 Å². The summed E-state index contributed by atoms with van der Waals surface area (Å²) in [6.45, 7) is 10.4. The van der Waals surface area contributed by atoms with Crippen LogP contribution in [0.4, 0.5) is 5.69 Å². The molecule has 1 saturated carbocycles. The van der Waals surface area contributed by atoms with Gasteiger partial charge in [0.2, 0.25) is 11.8 Å². The molecule has 1 saturated heterocycles. The molecule has 1 aromatic heterocycles. The number of esters is 1. The van der Waals surface area contributed by atoms with Gasteiger partial charge < -0.3 is 14.5 Å². The van der Waals surface area contributed by atoms with Crippen molar-refractivity contribution in [2.24, 2.45) is 17.3 Å². The Hall–Kier alpha value is -2.37. The highest BCUT2D eigenvalue weighted by molar-refractivity contribution is 7.15. The third-order valence-corrected chi connectivity index (χ3v) is 8.41.